The number of carboxylic acid groups (broad SMARTS) is 1. The van der Waals surface area contributed by atoms with Gasteiger partial charge in [-0.05, 0) is 18.9 Å². The Morgan fingerprint density at radius 1 is 1.53 bits per heavy atom. The van der Waals surface area contributed by atoms with Crippen molar-refractivity contribution in [2.45, 2.75) is 24.4 Å². The molecule has 1 aliphatic rings. The van der Waals surface area contributed by atoms with Crippen LogP contribution in [0, 0.1) is 5.82 Å². The number of hydrogen-bond donors (Lipinski definition) is 2. The topological polar surface area (TPSA) is 66.8 Å². The van der Waals surface area contributed by atoms with E-state index >= 15 is 0 Å². The van der Waals surface area contributed by atoms with E-state index in [9.17, 15) is 14.3 Å². The van der Waals surface area contributed by atoms with Crippen LogP contribution in [0.3, 0.4) is 0 Å². The summed E-state index contributed by atoms with van der Waals surface area (Å²) in [7, 11) is 1.32. The summed E-state index contributed by atoms with van der Waals surface area (Å²) < 4.78 is 18.5. The van der Waals surface area contributed by atoms with Gasteiger partial charge in [-0.15, -0.1) is 0 Å². The lowest BCUT2D eigenvalue weighted by Gasteiger charge is -2.21. The normalized spacial score (nSPS) is 18.5. The molecule has 2 N–H and O–H groups in total. The second-order valence-corrected chi connectivity index (χ2v) is 4.22. The van der Waals surface area contributed by atoms with Gasteiger partial charge in [0.15, 0.2) is 17.7 Å². The minimum atomic E-state index is -1.53. The van der Waals surface area contributed by atoms with Gasteiger partial charge in [0.05, 0.1) is 7.11 Å². The molecule has 1 aromatic carbocycles. The van der Waals surface area contributed by atoms with Gasteiger partial charge < -0.3 is 14.9 Å². The van der Waals surface area contributed by atoms with Gasteiger partial charge in [-0.1, -0.05) is 12.1 Å². The summed E-state index contributed by atoms with van der Waals surface area (Å²) in [6.07, 6.45) is -0.501. The van der Waals surface area contributed by atoms with Crippen LogP contribution in [0.5, 0.6) is 5.75 Å². The number of methoxy groups -OCH3 is 1. The number of benzene rings is 1. The number of aliphatic carboxylic acids is 1. The van der Waals surface area contributed by atoms with Gasteiger partial charge in [-0.3, -0.25) is 0 Å². The first-order chi connectivity index (χ1) is 8.03. The van der Waals surface area contributed by atoms with Crippen molar-refractivity contribution in [3.63, 3.8) is 0 Å². The molecule has 92 valence electrons. The lowest BCUT2D eigenvalue weighted by atomic mass is 9.89. The average Bonchev–Trinajstić information content (AvgIpc) is 3.08. The molecule has 1 saturated carbocycles. The van der Waals surface area contributed by atoms with Crippen LogP contribution < -0.4 is 4.74 Å². The molecule has 1 fully saturated rings. The van der Waals surface area contributed by atoms with Crippen LogP contribution in [-0.2, 0) is 10.2 Å². The van der Waals surface area contributed by atoms with E-state index in [0.29, 0.717) is 18.4 Å². The van der Waals surface area contributed by atoms with Crippen molar-refractivity contribution in [1.29, 1.82) is 0 Å². The number of para-hydroxylation sites is 1. The Morgan fingerprint density at radius 3 is 2.65 bits per heavy atom. The largest absolute Gasteiger partial charge is 0.493 e. The summed E-state index contributed by atoms with van der Waals surface area (Å²) in [6, 6.07) is 4.33. The molecule has 1 atom stereocenters. The van der Waals surface area contributed by atoms with Gasteiger partial charge in [-0.25, -0.2) is 9.18 Å². The first-order valence-corrected chi connectivity index (χ1v) is 5.27. The summed E-state index contributed by atoms with van der Waals surface area (Å²) in [6.45, 7) is 0. The zero-order valence-electron chi connectivity index (χ0n) is 9.31. The fourth-order valence-corrected chi connectivity index (χ4v) is 2.17. The van der Waals surface area contributed by atoms with Gasteiger partial charge in [0.2, 0.25) is 0 Å². The molecule has 0 radical (unpaired) electrons. The molecule has 0 amide bonds. The monoisotopic (exact) mass is 240 g/mol. The minimum absolute atomic E-state index is 0.0188. The Hall–Kier alpha value is -1.62. The van der Waals surface area contributed by atoms with E-state index in [1.165, 1.54) is 19.2 Å². The first-order valence-electron chi connectivity index (χ1n) is 5.27. The molecule has 1 aromatic rings. The van der Waals surface area contributed by atoms with Crippen LogP contribution in [0.1, 0.15) is 18.4 Å². The number of aliphatic hydroxyl groups is 1. The molecule has 0 saturated heterocycles. The number of carboxylic acids is 1. The summed E-state index contributed by atoms with van der Waals surface area (Å²) in [4.78, 5) is 10.9. The van der Waals surface area contributed by atoms with Crippen molar-refractivity contribution in [1.82, 2.24) is 0 Å². The van der Waals surface area contributed by atoms with Gasteiger partial charge in [-0.2, -0.15) is 0 Å². The third-order valence-electron chi connectivity index (χ3n) is 3.25. The highest BCUT2D eigenvalue weighted by atomic mass is 19.1. The molecule has 0 bridgehead atoms. The van der Waals surface area contributed by atoms with Crippen LogP contribution in [0.25, 0.3) is 0 Å². The molecule has 0 heterocycles. The maximum atomic E-state index is 13.5. The Morgan fingerprint density at radius 2 is 2.18 bits per heavy atom. The molecule has 1 unspecified atom stereocenters. The number of rotatable bonds is 4. The Bertz CT molecular complexity index is 454. The smallest absolute Gasteiger partial charge is 0.333 e. The summed E-state index contributed by atoms with van der Waals surface area (Å²) in [5, 5.41) is 18.6. The number of hydrogen-bond acceptors (Lipinski definition) is 3. The Balaban J connectivity index is 2.47. The maximum absolute atomic E-state index is 13.5. The van der Waals surface area contributed by atoms with E-state index in [4.69, 9.17) is 9.84 Å². The molecule has 2 rings (SSSR count). The molecule has 5 heteroatoms. The fraction of sp³-hybridized carbons (Fsp3) is 0.417. The van der Waals surface area contributed by atoms with Crippen molar-refractivity contribution >= 4 is 5.97 Å². The highest BCUT2D eigenvalue weighted by Crippen LogP contribution is 2.54. The van der Waals surface area contributed by atoms with Crippen LogP contribution in [0.4, 0.5) is 4.39 Å². The molecular weight excluding hydrogens is 227 g/mol. The molecule has 0 spiro atoms. The summed E-state index contributed by atoms with van der Waals surface area (Å²) >= 11 is 0. The predicted octanol–water partition coefficient (Wildman–Crippen LogP) is 1.31. The highest BCUT2D eigenvalue weighted by Gasteiger charge is 2.55. The summed E-state index contributed by atoms with van der Waals surface area (Å²) in [5.74, 6) is -1.83. The van der Waals surface area contributed by atoms with Crippen molar-refractivity contribution in [2.75, 3.05) is 7.11 Å². The average molecular weight is 240 g/mol. The number of aliphatic hydroxyl groups excluding tert-OH is 1. The van der Waals surface area contributed by atoms with E-state index in [2.05, 4.69) is 0 Å². The van der Waals surface area contributed by atoms with Crippen LogP contribution in [0.15, 0.2) is 18.2 Å². The second-order valence-electron chi connectivity index (χ2n) is 4.22. The molecule has 0 aromatic heterocycles. The number of halogens is 1. The lowest BCUT2D eigenvalue weighted by Crippen LogP contribution is -2.34. The zero-order chi connectivity index (χ0) is 12.6. The SMILES string of the molecule is COc1c(F)cccc1C1(C(O)C(=O)O)CC1. The van der Waals surface area contributed by atoms with Crippen molar-refractivity contribution < 1.29 is 24.1 Å². The number of ether oxygens (including phenoxy) is 1. The Labute approximate surface area is 97.6 Å². The predicted molar refractivity (Wildman–Crippen MR) is 57.5 cm³/mol. The van der Waals surface area contributed by atoms with Gasteiger partial charge in [0.1, 0.15) is 0 Å². The van der Waals surface area contributed by atoms with E-state index < -0.39 is 23.3 Å². The van der Waals surface area contributed by atoms with Crippen molar-refractivity contribution in [3.8, 4) is 5.75 Å². The second kappa shape index (κ2) is 4.00. The van der Waals surface area contributed by atoms with Gasteiger partial charge >= 0.3 is 5.97 Å². The maximum Gasteiger partial charge on any atom is 0.333 e. The third kappa shape index (κ3) is 1.76. The van der Waals surface area contributed by atoms with Crippen LogP contribution in [0.2, 0.25) is 0 Å². The minimum Gasteiger partial charge on any atom is -0.493 e. The molecular formula is C12H13FO4. The fourth-order valence-electron chi connectivity index (χ4n) is 2.17. The molecule has 0 aliphatic heterocycles. The molecule has 17 heavy (non-hydrogen) atoms. The molecule has 1 aliphatic carbocycles. The van der Waals surface area contributed by atoms with Crippen molar-refractivity contribution in [3.05, 3.63) is 29.6 Å². The lowest BCUT2D eigenvalue weighted by molar-refractivity contribution is -0.148. The van der Waals surface area contributed by atoms with Gasteiger partial charge in [0.25, 0.3) is 0 Å². The highest BCUT2D eigenvalue weighted by molar-refractivity contribution is 5.76. The standard InChI is InChI=1S/C12H13FO4/c1-17-9-7(3-2-4-8(9)13)12(5-6-12)10(14)11(15)16/h2-4,10,14H,5-6H2,1H3,(H,15,16). The van der Waals surface area contributed by atoms with E-state index in [1.54, 1.807) is 6.07 Å². The van der Waals surface area contributed by atoms with E-state index in [-0.39, 0.29) is 5.75 Å². The number of carbonyl (C=O) groups is 1. The zero-order valence-corrected chi connectivity index (χ0v) is 9.31. The van der Waals surface area contributed by atoms with Gasteiger partial charge in [0, 0.05) is 11.0 Å². The quantitative estimate of drug-likeness (QED) is 0.832. The Kier molecular flexibility index (Phi) is 2.79. The first kappa shape index (κ1) is 11.9. The molecule has 4 nitrogen and oxygen atoms in total. The van der Waals surface area contributed by atoms with E-state index in [0.717, 1.165) is 0 Å². The third-order valence-corrected chi connectivity index (χ3v) is 3.25. The van der Waals surface area contributed by atoms with Crippen LogP contribution in [-0.4, -0.2) is 29.4 Å². The summed E-state index contributed by atoms with van der Waals surface area (Å²) in [5.41, 5.74) is -0.478. The van der Waals surface area contributed by atoms with E-state index in [1.807, 2.05) is 0 Å². The van der Waals surface area contributed by atoms with Crippen LogP contribution >= 0.6 is 0 Å². The van der Waals surface area contributed by atoms with Crippen molar-refractivity contribution in [2.24, 2.45) is 0 Å².